The van der Waals surface area contributed by atoms with Gasteiger partial charge in [-0.3, -0.25) is 4.58 Å². The molecule has 0 aromatic heterocycles. The van der Waals surface area contributed by atoms with Gasteiger partial charge in [0, 0.05) is 5.41 Å². The first-order valence-electron chi connectivity index (χ1n) is 7.89. The Morgan fingerprint density at radius 2 is 1.80 bits per heavy atom. The normalized spacial score (nSPS) is 28.1. The SMILES string of the molecule is CC[Si](CC)(CC)OOC(C)(C)C[C@@]1(C)CCO[C@@H]1O. The van der Waals surface area contributed by atoms with Gasteiger partial charge in [-0.2, -0.15) is 0 Å². The fraction of sp³-hybridized carbons (Fsp3) is 1.00. The fourth-order valence-electron chi connectivity index (χ4n) is 3.03. The molecular formula is C15H32O4Si. The van der Waals surface area contributed by atoms with E-state index in [1.54, 1.807) is 0 Å². The molecule has 0 bridgehead atoms. The van der Waals surface area contributed by atoms with Crippen LogP contribution < -0.4 is 0 Å². The topological polar surface area (TPSA) is 47.9 Å². The lowest BCUT2D eigenvalue weighted by molar-refractivity contribution is -0.303. The average molecular weight is 305 g/mol. The molecule has 1 heterocycles. The highest BCUT2D eigenvalue weighted by Crippen LogP contribution is 2.41. The molecule has 0 aliphatic carbocycles. The minimum absolute atomic E-state index is 0.248. The van der Waals surface area contributed by atoms with Gasteiger partial charge in [0.25, 0.3) is 0 Å². The van der Waals surface area contributed by atoms with E-state index >= 15 is 0 Å². The smallest absolute Gasteiger partial charge is 0.238 e. The van der Waals surface area contributed by atoms with Crippen LogP contribution in [0.3, 0.4) is 0 Å². The molecule has 2 atom stereocenters. The van der Waals surface area contributed by atoms with Crippen molar-refractivity contribution in [2.75, 3.05) is 6.61 Å². The second-order valence-electron chi connectivity index (χ2n) is 6.97. The van der Waals surface area contributed by atoms with E-state index in [1.165, 1.54) is 0 Å². The molecule has 1 saturated heterocycles. The Bertz CT molecular complexity index is 296. The van der Waals surface area contributed by atoms with Crippen LogP contribution in [0.5, 0.6) is 0 Å². The summed E-state index contributed by atoms with van der Waals surface area (Å²) in [5, 5.41) is 9.97. The number of aliphatic hydroxyl groups is 1. The predicted molar refractivity (Wildman–Crippen MR) is 82.7 cm³/mol. The third kappa shape index (κ3) is 4.27. The minimum Gasteiger partial charge on any atom is -0.367 e. The molecule has 1 fully saturated rings. The molecule has 0 spiro atoms. The van der Waals surface area contributed by atoms with Crippen molar-refractivity contribution in [3.8, 4) is 0 Å². The van der Waals surface area contributed by atoms with Gasteiger partial charge in [0.05, 0.1) is 12.2 Å². The number of ether oxygens (including phenoxy) is 1. The Morgan fingerprint density at radius 1 is 1.25 bits per heavy atom. The molecule has 1 aliphatic heterocycles. The lowest BCUT2D eigenvalue weighted by Gasteiger charge is -2.37. The van der Waals surface area contributed by atoms with E-state index in [0.29, 0.717) is 6.61 Å². The van der Waals surface area contributed by atoms with Crippen molar-refractivity contribution in [3.05, 3.63) is 0 Å². The molecule has 1 N–H and O–H groups in total. The van der Waals surface area contributed by atoms with Gasteiger partial charge in [0.15, 0.2) is 6.29 Å². The summed E-state index contributed by atoms with van der Waals surface area (Å²) in [6.45, 7) is 13.3. The summed E-state index contributed by atoms with van der Waals surface area (Å²) >= 11 is 0. The lowest BCUT2D eigenvalue weighted by Crippen LogP contribution is -2.43. The van der Waals surface area contributed by atoms with Crippen LogP contribution in [0.4, 0.5) is 0 Å². The van der Waals surface area contributed by atoms with Crippen LogP contribution in [0.15, 0.2) is 0 Å². The standard InChI is InChI=1S/C15H32O4Si/c1-7-20(8-2,9-3)19-18-14(4,5)12-15(6)10-11-17-13(15)16/h13,16H,7-12H2,1-6H3/t13-,15+/m0/s1. The van der Waals surface area contributed by atoms with Crippen LogP contribution >= 0.6 is 0 Å². The van der Waals surface area contributed by atoms with Crippen LogP contribution in [0.1, 0.15) is 54.4 Å². The highest BCUT2D eigenvalue weighted by Gasteiger charge is 2.44. The quantitative estimate of drug-likeness (QED) is 0.420. The lowest BCUT2D eigenvalue weighted by atomic mass is 9.78. The summed E-state index contributed by atoms with van der Waals surface area (Å²) in [5.41, 5.74) is -0.664. The van der Waals surface area contributed by atoms with Crippen LogP contribution in [0.2, 0.25) is 18.1 Å². The summed E-state index contributed by atoms with van der Waals surface area (Å²) in [4.78, 5) is 5.84. The Morgan fingerprint density at radius 3 is 2.20 bits per heavy atom. The maximum Gasteiger partial charge on any atom is 0.238 e. The van der Waals surface area contributed by atoms with Gasteiger partial charge in [0.2, 0.25) is 8.32 Å². The summed E-state index contributed by atoms with van der Waals surface area (Å²) < 4.78 is 11.2. The molecule has 1 rings (SSSR count). The van der Waals surface area contributed by atoms with Crippen molar-refractivity contribution < 1.29 is 19.3 Å². The van der Waals surface area contributed by atoms with Crippen molar-refractivity contribution in [2.24, 2.45) is 5.41 Å². The van der Waals surface area contributed by atoms with Crippen molar-refractivity contribution >= 4 is 8.32 Å². The van der Waals surface area contributed by atoms with Gasteiger partial charge in [0.1, 0.15) is 0 Å². The zero-order chi connectivity index (χ0) is 15.4. The molecule has 0 saturated carbocycles. The summed E-state index contributed by atoms with van der Waals surface area (Å²) in [7, 11) is -1.74. The number of hydrogen-bond acceptors (Lipinski definition) is 4. The molecule has 4 nitrogen and oxygen atoms in total. The van der Waals surface area contributed by atoms with E-state index in [1.807, 2.05) is 13.8 Å². The first-order valence-corrected chi connectivity index (χ1v) is 10.4. The number of aliphatic hydroxyl groups excluding tert-OH is 1. The van der Waals surface area contributed by atoms with Gasteiger partial charge in [-0.05, 0) is 44.8 Å². The summed E-state index contributed by atoms with van der Waals surface area (Å²) in [5.74, 6) is 0. The maximum absolute atomic E-state index is 9.97. The average Bonchev–Trinajstić information content (AvgIpc) is 2.71. The van der Waals surface area contributed by atoms with Crippen molar-refractivity contribution in [2.45, 2.75) is 84.4 Å². The molecule has 20 heavy (non-hydrogen) atoms. The molecule has 0 aromatic rings. The minimum atomic E-state index is -1.74. The number of hydrogen-bond donors (Lipinski definition) is 1. The van der Waals surface area contributed by atoms with Gasteiger partial charge in [-0.1, -0.05) is 27.7 Å². The highest BCUT2D eigenvalue weighted by atomic mass is 28.4. The molecule has 0 aromatic carbocycles. The third-order valence-corrected chi connectivity index (χ3v) is 9.05. The van der Waals surface area contributed by atoms with Crippen LogP contribution in [-0.4, -0.2) is 31.9 Å². The van der Waals surface area contributed by atoms with Crippen LogP contribution in [0, 0.1) is 5.41 Å². The molecule has 0 radical (unpaired) electrons. The van der Waals surface area contributed by atoms with Gasteiger partial charge >= 0.3 is 0 Å². The zero-order valence-electron chi connectivity index (χ0n) is 14.0. The molecule has 5 heteroatoms. The Balaban J connectivity index is 2.61. The molecule has 120 valence electrons. The van der Waals surface area contributed by atoms with E-state index in [-0.39, 0.29) is 5.41 Å². The number of rotatable bonds is 8. The monoisotopic (exact) mass is 304 g/mol. The predicted octanol–water partition coefficient (Wildman–Crippen LogP) is 3.85. The zero-order valence-corrected chi connectivity index (χ0v) is 15.0. The van der Waals surface area contributed by atoms with E-state index < -0.39 is 20.2 Å². The molecule has 1 aliphatic rings. The van der Waals surface area contributed by atoms with E-state index in [2.05, 4.69) is 27.7 Å². The molecular weight excluding hydrogens is 272 g/mol. The van der Waals surface area contributed by atoms with Gasteiger partial charge < -0.3 is 9.84 Å². The largest absolute Gasteiger partial charge is 0.367 e. The van der Waals surface area contributed by atoms with E-state index in [4.69, 9.17) is 14.2 Å². The first kappa shape index (κ1) is 18.1. The summed E-state index contributed by atoms with van der Waals surface area (Å²) in [6.07, 6.45) is 0.887. The second-order valence-corrected chi connectivity index (χ2v) is 11.6. The molecule has 0 unspecified atom stereocenters. The van der Waals surface area contributed by atoms with Gasteiger partial charge in [-0.25, -0.2) is 4.89 Å². The van der Waals surface area contributed by atoms with Crippen LogP contribution in [-0.2, 0) is 14.2 Å². The highest BCUT2D eigenvalue weighted by molar-refractivity contribution is 6.73. The summed E-state index contributed by atoms with van der Waals surface area (Å²) in [6, 6.07) is 3.21. The fourth-order valence-corrected chi connectivity index (χ4v) is 5.29. The van der Waals surface area contributed by atoms with Crippen molar-refractivity contribution in [1.29, 1.82) is 0 Å². The second kappa shape index (κ2) is 6.88. The van der Waals surface area contributed by atoms with Gasteiger partial charge in [-0.15, -0.1) is 0 Å². The Kier molecular flexibility index (Phi) is 6.23. The maximum atomic E-state index is 9.97. The first-order chi connectivity index (χ1) is 9.22. The van der Waals surface area contributed by atoms with Crippen LogP contribution in [0.25, 0.3) is 0 Å². The van der Waals surface area contributed by atoms with Crippen molar-refractivity contribution in [3.63, 3.8) is 0 Å². The molecule has 0 amide bonds. The Labute approximate surface area is 124 Å². The van der Waals surface area contributed by atoms with E-state index in [0.717, 1.165) is 31.0 Å². The van der Waals surface area contributed by atoms with Crippen molar-refractivity contribution in [1.82, 2.24) is 0 Å². The Hall–Kier alpha value is 0.0569. The third-order valence-electron chi connectivity index (χ3n) is 4.75. The van der Waals surface area contributed by atoms with E-state index in [9.17, 15) is 5.11 Å².